The van der Waals surface area contributed by atoms with Crippen molar-refractivity contribution in [2.24, 2.45) is 5.10 Å². The number of ether oxygens (including phenoxy) is 2. The third-order valence-electron chi connectivity index (χ3n) is 5.54. The Morgan fingerprint density at radius 2 is 1.92 bits per heavy atom. The van der Waals surface area contributed by atoms with Gasteiger partial charge in [0, 0.05) is 26.6 Å². The Labute approximate surface area is 230 Å². The minimum absolute atomic E-state index is 0.251. The molecular weight excluding hydrogens is 604 g/mol. The molecule has 1 aromatic heterocycles. The number of fused-ring (bicyclic) bond motifs is 1. The number of hydrogen-bond acceptors (Lipinski definition) is 6. The molecule has 0 bridgehead atoms. The minimum atomic E-state index is -0.323. The molecule has 0 aliphatic rings. The summed E-state index contributed by atoms with van der Waals surface area (Å²) in [4.78, 5) is 30.4. The maximum Gasteiger partial charge on any atom is 0.282 e. The van der Waals surface area contributed by atoms with Crippen molar-refractivity contribution in [1.82, 2.24) is 9.66 Å². The van der Waals surface area contributed by atoms with Gasteiger partial charge in [-0.15, -0.1) is 0 Å². The Bertz CT molecular complexity index is 1570. The Hall–Kier alpha value is -3.50. The second-order valence-electron chi connectivity index (χ2n) is 8.08. The summed E-state index contributed by atoms with van der Waals surface area (Å²) in [6.45, 7) is 3.57. The molecule has 190 valence electrons. The summed E-state index contributed by atoms with van der Waals surface area (Å²) in [5, 5.41) is 7.74. The Morgan fingerprint density at radius 1 is 1.14 bits per heavy atom. The van der Waals surface area contributed by atoms with Crippen molar-refractivity contribution in [3.63, 3.8) is 0 Å². The summed E-state index contributed by atoms with van der Waals surface area (Å²) >= 11 is 6.87. The number of methoxy groups -OCH3 is 1. The molecule has 0 saturated carbocycles. The molecule has 1 N–H and O–H groups in total. The van der Waals surface area contributed by atoms with Crippen LogP contribution in [0.25, 0.3) is 10.9 Å². The van der Waals surface area contributed by atoms with Crippen LogP contribution >= 0.6 is 31.9 Å². The van der Waals surface area contributed by atoms with Gasteiger partial charge in [0.25, 0.3) is 11.5 Å². The molecule has 0 aliphatic heterocycles. The number of halogens is 2. The molecule has 4 rings (SSSR count). The van der Waals surface area contributed by atoms with Crippen molar-refractivity contribution in [3.05, 3.63) is 90.8 Å². The highest BCUT2D eigenvalue weighted by Gasteiger charge is 2.15. The zero-order valence-electron chi connectivity index (χ0n) is 20.4. The number of carbonyl (C=O) groups is 1. The van der Waals surface area contributed by atoms with E-state index >= 15 is 0 Å². The van der Waals surface area contributed by atoms with Crippen LogP contribution in [0.1, 0.15) is 23.9 Å². The number of amides is 1. The zero-order chi connectivity index (χ0) is 26.5. The molecule has 0 atom stereocenters. The first-order valence-corrected chi connectivity index (χ1v) is 13.0. The lowest BCUT2D eigenvalue weighted by Crippen LogP contribution is -2.22. The SMILES string of the molecule is CCc1nc2ccc(Br)cc2c(=O)n1N=Cc1cc(Br)cc(OC)c1OCC(=O)Nc1ccccc1C. The lowest BCUT2D eigenvalue weighted by Gasteiger charge is -2.15. The Kier molecular flexibility index (Phi) is 8.40. The first kappa shape index (κ1) is 26.6. The number of anilines is 1. The molecular formula is C27H24Br2N4O4. The van der Waals surface area contributed by atoms with Crippen molar-refractivity contribution in [1.29, 1.82) is 0 Å². The number of nitrogens with zero attached hydrogens (tertiary/aromatic N) is 3. The lowest BCUT2D eigenvalue weighted by atomic mass is 10.2. The van der Waals surface area contributed by atoms with Gasteiger partial charge in [-0.25, -0.2) is 4.98 Å². The largest absolute Gasteiger partial charge is 0.493 e. The van der Waals surface area contributed by atoms with E-state index in [-0.39, 0.29) is 18.1 Å². The molecule has 0 unspecified atom stereocenters. The molecule has 1 amide bonds. The minimum Gasteiger partial charge on any atom is -0.493 e. The van der Waals surface area contributed by atoms with Gasteiger partial charge >= 0.3 is 0 Å². The molecule has 1 heterocycles. The normalized spacial score (nSPS) is 11.2. The highest BCUT2D eigenvalue weighted by molar-refractivity contribution is 9.10. The van der Waals surface area contributed by atoms with E-state index in [2.05, 4.69) is 47.3 Å². The number of nitrogens with one attached hydrogen (secondary N) is 1. The molecule has 0 aliphatic carbocycles. The highest BCUT2D eigenvalue weighted by atomic mass is 79.9. The fourth-order valence-electron chi connectivity index (χ4n) is 3.69. The Morgan fingerprint density at radius 3 is 2.65 bits per heavy atom. The fraction of sp³-hybridized carbons (Fsp3) is 0.185. The average Bonchev–Trinajstić information content (AvgIpc) is 2.88. The van der Waals surface area contributed by atoms with Crippen molar-refractivity contribution >= 4 is 60.6 Å². The van der Waals surface area contributed by atoms with Gasteiger partial charge in [0.15, 0.2) is 18.1 Å². The van der Waals surface area contributed by atoms with Crippen LogP contribution in [0.3, 0.4) is 0 Å². The first-order chi connectivity index (χ1) is 17.8. The van der Waals surface area contributed by atoms with Crippen molar-refractivity contribution in [2.75, 3.05) is 19.0 Å². The number of hydrogen-bond donors (Lipinski definition) is 1. The smallest absolute Gasteiger partial charge is 0.282 e. The number of benzene rings is 3. The van der Waals surface area contributed by atoms with Crippen LogP contribution in [0.2, 0.25) is 0 Å². The first-order valence-electron chi connectivity index (χ1n) is 11.4. The number of carbonyl (C=O) groups excluding carboxylic acids is 1. The molecule has 10 heteroatoms. The summed E-state index contributed by atoms with van der Waals surface area (Å²) in [5.41, 5.74) is 2.48. The van der Waals surface area contributed by atoms with Crippen molar-refractivity contribution < 1.29 is 14.3 Å². The van der Waals surface area contributed by atoms with E-state index in [1.54, 1.807) is 24.3 Å². The predicted molar refractivity (Wildman–Crippen MR) is 152 cm³/mol. The average molecular weight is 628 g/mol. The monoisotopic (exact) mass is 626 g/mol. The predicted octanol–water partition coefficient (Wildman–Crippen LogP) is 5.70. The second kappa shape index (κ2) is 11.7. The third-order valence-corrected chi connectivity index (χ3v) is 6.49. The maximum absolute atomic E-state index is 13.2. The number of aromatic nitrogens is 2. The summed E-state index contributed by atoms with van der Waals surface area (Å²) in [6.07, 6.45) is 2.00. The molecule has 0 saturated heterocycles. The maximum atomic E-state index is 13.2. The molecule has 37 heavy (non-hydrogen) atoms. The topological polar surface area (TPSA) is 94.8 Å². The Balaban J connectivity index is 1.67. The van der Waals surface area contributed by atoms with Crippen molar-refractivity contribution in [2.45, 2.75) is 20.3 Å². The van der Waals surface area contributed by atoms with Gasteiger partial charge in [-0.1, -0.05) is 57.0 Å². The highest BCUT2D eigenvalue weighted by Crippen LogP contribution is 2.34. The van der Waals surface area contributed by atoms with Gasteiger partial charge in [0.2, 0.25) is 0 Å². The molecule has 3 aromatic carbocycles. The standard InChI is InChI=1S/C27H24Br2N4O4/c1-4-24-31-22-10-9-18(28)12-20(22)27(35)33(24)30-14-17-11-19(29)13-23(36-3)26(17)37-15-25(34)32-21-8-6-5-7-16(21)2/h5-14H,4,15H2,1-3H3,(H,32,34). The van der Waals surface area contributed by atoms with E-state index < -0.39 is 0 Å². The van der Waals surface area contributed by atoms with E-state index in [1.807, 2.05) is 44.2 Å². The second-order valence-corrected chi connectivity index (χ2v) is 9.91. The fourth-order valence-corrected chi connectivity index (χ4v) is 4.51. The van der Waals surface area contributed by atoms with Crippen LogP contribution in [0, 0.1) is 6.92 Å². The molecule has 0 spiro atoms. The van der Waals surface area contributed by atoms with Gasteiger partial charge in [-0.2, -0.15) is 9.78 Å². The van der Waals surface area contributed by atoms with Gasteiger partial charge in [0.05, 0.1) is 24.2 Å². The summed E-state index contributed by atoms with van der Waals surface area (Å²) < 4.78 is 14.1. The van der Waals surface area contributed by atoms with Gasteiger partial charge in [-0.3, -0.25) is 9.59 Å². The van der Waals surface area contributed by atoms with Crippen LogP contribution in [0.15, 0.2) is 73.4 Å². The van der Waals surface area contributed by atoms with Crippen LogP contribution in [0.5, 0.6) is 11.5 Å². The number of rotatable bonds is 8. The van der Waals surface area contributed by atoms with Gasteiger partial charge in [-0.05, 0) is 48.9 Å². The molecule has 0 radical (unpaired) electrons. The van der Waals surface area contributed by atoms with E-state index in [0.29, 0.717) is 50.4 Å². The van der Waals surface area contributed by atoms with Crippen LogP contribution in [-0.4, -0.2) is 35.5 Å². The molecule has 0 fully saturated rings. The van der Waals surface area contributed by atoms with Gasteiger partial charge in [0.1, 0.15) is 5.82 Å². The quantitative estimate of drug-likeness (QED) is 0.253. The molecule has 8 nitrogen and oxygen atoms in total. The van der Waals surface area contributed by atoms with E-state index in [4.69, 9.17) is 9.47 Å². The zero-order valence-corrected chi connectivity index (χ0v) is 23.6. The molecule has 4 aromatic rings. The van der Waals surface area contributed by atoms with Crippen LogP contribution in [-0.2, 0) is 11.2 Å². The van der Waals surface area contributed by atoms with Crippen LogP contribution in [0.4, 0.5) is 5.69 Å². The van der Waals surface area contributed by atoms with Gasteiger partial charge < -0.3 is 14.8 Å². The summed E-state index contributed by atoms with van der Waals surface area (Å²) in [7, 11) is 1.51. The van der Waals surface area contributed by atoms with Crippen molar-refractivity contribution in [3.8, 4) is 11.5 Å². The number of aryl methyl sites for hydroxylation is 2. The summed E-state index contributed by atoms with van der Waals surface area (Å²) in [6, 6.07) is 16.3. The van der Waals surface area contributed by atoms with Crippen LogP contribution < -0.4 is 20.3 Å². The number of para-hydroxylation sites is 1. The van der Waals surface area contributed by atoms with E-state index in [1.165, 1.54) is 18.0 Å². The van der Waals surface area contributed by atoms with E-state index in [9.17, 15) is 9.59 Å². The van der Waals surface area contributed by atoms with E-state index in [0.717, 1.165) is 10.0 Å². The summed E-state index contributed by atoms with van der Waals surface area (Å²) in [5.74, 6) is 0.911. The lowest BCUT2D eigenvalue weighted by molar-refractivity contribution is -0.118. The third kappa shape index (κ3) is 6.08.